The second-order valence-corrected chi connectivity index (χ2v) is 5.40. The largest absolute Gasteiger partial charge is 0.384 e. The molecule has 3 rings (SSSR count). The molecule has 0 spiro atoms. The van der Waals surface area contributed by atoms with Crippen molar-refractivity contribution in [1.82, 2.24) is 5.32 Å². The molecule has 18 heavy (non-hydrogen) atoms. The Hall–Kier alpha value is -1.39. The van der Waals surface area contributed by atoms with Crippen LogP contribution in [0.5, 0.6) is 0 Å². The topological polar surface area (TPSA) is 75.4 Å². The van der Waals surface area contributed by atoms with Crippen molar-refractivity contribution in [3.8, 4) is 0 Å². The Morgan fingerprint density at radius 3 is 2.61 bits per heavy atom. The van der Waals surface area contributed by atoms with Crippen LogP contribution in [0.1, 0.15) is 28.8 Å². The lowest BCUT2D eigenvalue weighted by atomic mass is 9.75. The van der Waals surface area contributed by atoms with Crippen LogP contribution < -0.4 is 11.1 Å². The van der Waals surface area contributed by atoms with Gasteiger partial charge in [-0.05, 0) is 30.5 Å². The highest BCUT2D eigenvalue weighted by atomic mass is 16.3. The molecule has 2 bridgehead atoms. The summed E-state index contributed by atoms with van der Waals surface area (Å²) in [6.45, 7) is 1.68. The molecule has 1 heterocycles. The van der Waals surface area contributed by atoms with Gasteiger partial charge in [-0.25, -0.2) is 0 Å². The molecule has 1 saturated heterocycles. The lowest BCUT2D eigenvalue weighted by Crippen LogP contribution is -2.50. The summed E-state index contributed by atoms with van der Waals surface area (Å²) in [5.74, 6) is 0.0282. The summed E-state index contributed by atoms with van der Waals surface area (Å²) < 4.78 is 0. The Balaban J connectivity index is 2.03. The van der Waals surface area contributed by atoms with E-state index in [1.165, 1.54) is 0 Å². The summed E-state index contributed by atoms with van der Waals surface area (Å²) in [4.78, 5) is 11.2. The molecule has 1 aromatic carbocycles. The van der Waals surface area contributed by atoms with E-state index in [4.69, 9.17) is 5.73 Å². The summed E-state index contributed by atoms with van der Waals surface area (Å²) in [7, 11) is 0. The zero-order chi connectivity index (χ0) is 12.8. The van der Waals surface area contributed by atoms with Gasteiger partial charge < -0.3 is 16.2 Å². The summed E-state index contributed by atoms with van der Waals surface area (Å²) >= 11 is 0. The third kappa shape index (κ3) is 1.56. The SMILES string of the molecule is NC(=O)c1cccc(C2(O)C3CCC2CNC3)c1. The Morgan fingerprint density at radius 1 is 1.33 bits per heavy atom. The van der Waals surface area contributed by atoms with E-state index < -0.39 is 11.5 Å². The predicted molar refractivity (Wildman–Crippen MR) is 67.9 cm³/mol. The number of hydrogen-bond acceptors (Lipinski definition) is 3. The van der Waals surface area contributed by atoms with Crippen LogP contribution in [0.3, 0.4) is 0 Å². The maximum absolute atomic E-state index is 11.2. The van der Waals surface area contributed by atoms with E-state index in [1.807, 2.05) is 6.07 Å². The third-order valence-corrected chi connectivity index (χ3v) is 4.50. The van der Waals surface area contributed by atoms with Gasteiger partial charge in [-0.2, -0.15) is 0 Å². The monoisotopic (exact) mass is 246 g/mol. The molecule has 4 heteroatoms. The molecule has 1 aromatic rings. The second-order valence-electron chi connectivity index (χ2n) is 5.40. The zero-order valence-electron chi connectivity index (χ0n) is 10.2. The summed E-state index contributed by atoms with van der Waals surface area (Å²) in [6, 6.07) is 7.15. The molecule has 0 radical (unpaired) electrons. The second kappa shape index (κ2) is 4.07. The van der Waals surface area contributed by atoms with Crippen LogP contribution >= 0.6 is 0 Å². The number of benzene rings is 1. The van der Waals surface area contributed by atoms with Crippen molar-refractivity contribution in [2.45, 2.75) is 18.4 Å². The Bertz CT molecular complexity index is 470. The van der Waals surface area contributed by atoms with Gasteiger partial charge in [0.2, 0.25) is 5.91 Å². The lowest BCUT2D eigenvalue weighted by Gasteiger charge is -2.40. The van der Waals surface area contributed by atoms with E-state index in [2.05, 4.69) is 5.32 Å². The van der Waals surface area contributed by atoms with E-state index in [0.717, 1.165) is 31.5 Å². The minimum Gasteiger partial charge on any atom is -0.384 e. The number of nitrogens with one attached hydrogen (secondary N) is 1. The van der Waals surface area contributed by atoms with Gasteiger partial charge in [-0.3, -0.25) is 4.79 Å². The molecule has 1 aliphatic heterocycles. The fourth-order valence-electron chi connectivity index (χ4n) is 3.52. The van der Waals surface area contributed by atoms with Gasteiger partial charge >= 0.3 is 0 Å². The summed E-state index contributed by atoms with van der Waals surface area (Å²) in [5.41, 5.74) is 5.82. The molecule has 2 unspecified atom stereocenters. The lowest BCUT2D eigenvalue weighted by molar-refractivity contribution is -0.0576. The van der Waals surface area contributed by atoms with Crippen LogP contribution in [0.2, 0.25) is 0 Å². The van der Waals surface area contributed by atoms with Gasteiger partial charge in [0.25, 0.3) is 0 Å². The fourth-order valence-corrected chi connectivity index (χ4v) is 3.52. The van der Waals surface area contributed by atoms with Gasteiger partial charge in [-0.15, -0.1) is 0 Å². The van der Waals surface area contributed by atoms with Crippen LogP contribution in [0.15, 0.2) is 24.3 Å². The normalized spacial score (nSPS) is 34.5. The van der Waals surface area contributed by atoms with Gasteiger partial charge in [-0.1, -0.05) is 12.1 Å². The highest BCUT2D eigenvalue weighted by Gasteiger charge is 2.51. The smallest absolute Gasteiger partial charge is 0.248 e. The zero-order valence-corrected chi connectivity index (χ0v) is 10.2. The average Bonchev–Trinajstić information content (AvgIpc) is 2.58. The number of rotatable bonds is 2. The summed E-state index contributed by atoms with van der Waals surface area (Å²) in [5, 5.41) is 14.4. The maximum Gasteiger partial charge on any atom is 0.248 e. The van der Waals surface area contributed by atoms with Crippen molar-refractivity contribution in [3.05, 3.63) is 35.4 Å². The minimum atomic E-state index is -0.795. The number of amides is 1. The molecular weight excluding hydrogens is 228 g/mol. The van der Waals surface area contributed by atoms with Crippen molar-refractivity contribution < 1.29 is 9.90 Å². The quantitative estimate of drug-likeness (QED) is 0.715. The first kappa shape index (κ1) is 11.7. The predicted octanol–water partition coefficient (Wildman–Crippen LogP) is 0.602. The van der Waals surface area contributed by atoms with Gasteiger partial charge in [0.15, 0.2) is 0 Å². The van der Waals surface area contributed by atoms with Crippen molar-refractivity contribution in [2.75, 3.05) is 13.1 Å². The highest BCUT2D eigenvalue weighted by molar-refractivity contribution is 5.92. The van der Waals surface area contributed by atoms with Crippen molar-refractivity contribution in [3.63, 3.8) is 0 Å². The van der Waals surface area contributed by atoms with E-state index in [0.29, 0.717) is 5.56 Å². The maximum atomic E-state index is 11.2. The number of carbonyl (C=O) groups is 1. The van der Waals surface area contributed by atoms with E-state index in [-0.39, 0.29) is 11.8 Å². The van der Waals surface area contributed by atoms with Crippen LogP contribution in [-0.2, 0) is 5.60 Å². The third-order valence-electron chi connectivity index (χ3n) is 4.50. The Labute approximate surface area is 106 Å². The molecule has 4 N–H and O–H groups in total. The first-order valence-electron chi connectivity index (χ1n) is 6.46. The molecule has 0 aromatic heterocycles. The molecule has 1 aliphatic carbocycles. The average molecular weight is 246 g/mol. The van der Waals surface area contributed by atoms with Crippen molar-refractivity contribution in [2.24, 2.45) is 17.6 Å². The molecule has 1 amide bonds. The van der Waals surface area contributed by atoms with Crippen molar-refractivity contribution in [1.29, 1.82) is 0 Å². The number of nitrogens with two attached hydrogens (primary N) is 1. The van der Waals surface area contributed by atoms with Crippen LogP contribution in [0.4, 0.5) is 0 Å². The number of piperidine rings is 1. The van der Waals surface area contributed by atoms with Gasteiger partial charge in [0, 0.05) is 30.5 Å². The fraction of sp³-hybridized carbons (Fsp3) is 0.500. The van der Waals surface area contributed by atoms with Gasteiger partial charge in [0.05, 0.1) is 5.60 Å². The Morgan fingerprint density at radius 2 is 2.00 bits per heavy atom. The van der Waals surface area contributed by atoms with Crippen LogP contribution in [0, 0.1) is 11.8 Å². The minimum absolute atomic E-state index is 0.236. The number of hydrogen-bond donors (Lipinski definition) is 3. The first-order chi connectivity index (χ1) is 8.62. The van der Waals surface area contributed by atoms with E-state index >= 15 is 0 Å². The first-order valence-corrected chi connectivity index (χ1v) is 6.46. The molecule has 1 saturated carbocycles. The molecule has 2 aliphatic rings. The van der Waals surface area contributed by atoms with Crippen LogP contribution in [-0.4, -0.2) is 24.1 Å². The molecule has 2 atom stereocenters. The number of fused-ring (bicyclic) bond motifs is 2. The van der Waals surface area contributed by atoms with E-state index in [1.54, 1.807) is 18.2 Å². The number of carbonyl (C=O) groups excluding carboxylic acids is 1. The van der Waals surface area contributed by atoms with E-state index in [9.17, 15) is 9.90 Å². The number of primary amides is 1. The van der Waals surface area contributed by atoms with Crippen LogP contribution in [0.25, 0.3) is 0 Å². The highest BCUT2D eigenvalue weighted by Crippen LogP contribution is 2.49. The van der Waals surface area contributed by atoms with Gasteiger partial charge in [0.1, 0.15) is 0 Å². The molecule has 96 valence electrons. The molecule has 4 nitrogen and oxygen atoms in total. The molecular formula is C14H18N2O2. The Kier molecular flexibility index (Phi) is 2.64. The number of aliphatic hydroxyl groups is 1. The molecule has 2 fully saturated rings. The summed E-state index contributed by atoms with van der Waals surface area (Å²) in [6.07, 6.45) is 2.07. The standard InChI is InChI=1S/C14H18N2O2/c15-13(17)9-2-1-3-10(6-9)14(18)11-4-5-12(14)8-16-7-11/h1-3,6,11-12,16,18H,4-5,7-8H2,(H2,15,17). The van der Waals surface area contributed by atoms with Crippen molar-refractivity contribution >= 4 is 5.91 Å².